The Kier molecular flexibility index (Phi) is 7.17. The molecule has 1 aromatic carbocycles. The summed E-state index contributed by atoms with van der Waals surface area (Å²) in [5, 5.41) is 13.1. The van der Waals surface area contributed by atoms with Crippen LogP contribution in [0.3, 0.4) is 0 Å². The lowest BCUT2D eigenvalue weighted by Gasteiger charge is -2.38. The topological polar surface area (TPSA) is 78.9 Å². The number of carbonyl (C=O) groups is 2. The molecular formula is C25H38N2O4. The van der Waals surface area contributed by atoms with Crippen LogP contribution in [0.15, 0.2) is 18.2 Å². The van der Waals surface area contributed by atoms with E-state index in [2.05, 4.69) is 19.2 Å². The van der Waals surface area contributed by atoms with Crippen LogP contribution in [0.2, 0.25) is 0 Å². The van der Waals surface area contributed by atoms with Crippen molar-refractivity contribution in [3.05, 3.63) is 29.3 Å². The molecule has 172 valence electrons. The number of benzene rings is 1. The van der Waals surface area contributed by atoms with Gasteiger partial charge in [0.2, 0.25) is 5.91 Å². The first-order chi connectivity index (χ1) is 14.5. The molecule has 3 rings (SSSR count). The summed E-state index contributed by atoms with van der Waals surface area (Å²) in [6.07, 6.45) is 5.94. The largest absolute Gasteiger partial charge is 0.508 e. The Hall–Kier alpha value is -2.24. The van der Waals surface area contributed by atoms with Crippen molar-refractivity contribution >= 4 is 12.0 Å². The molecule has 1 aliphatic carbocycles. The van der Waals surface area contributed by atoms with E-state index in [0.717, 1.165) is 17.5 Å². The average Bonchev–Trinajstić information content (AvgIpc) is 3.18. The van der Waals surface area contributed by atoms with E-state index in [1.807, 2.05) is 26.8 Å². The molecule has 31 heavy (non-hydrogen) atoms. The number of amides is 2. The summed E-state index contributed by atoms with van der Waals surface area (Å²) in [5.74, 6) is 1.03. The highest BCUT2D eigenvalue weighted by Crippen LogP contribution is 2.31. The van der Waals surface area contributed by atoms with Gasteiger partial charge in [0.25, 0.3) is 0 Å². The van der Waals surface area contributed by atoms with Gasteiger partial charge in [-0.15, -0.1) is 0 Å². The molecule has 2 atom stereocenters. The lowest BCUT2D eigenvalue weighted by atomic mass is 9.90. The van der Waals surface area contributed by atoms with E-state index in [-0.39, 0.29) is 24.2 Å². The molecule has 6 nitrogen and oxygen atoms in total. The second-order valence-electron chi connectivity index (χ2n) is 10.5. The van der Waals surface area contributed by atoms with Crippen LogP contribution in [-0.2, 0) is 22.5 Å². The number of nitrogens with one attached hydrogen (secondary N) is 1. The number of ether oxygens (including phenoxy) is 1. The van der Waals surface area contributed by atoms with E-state index in [0.29, 0.717) is 18.3 Å². The minimum absolute atomic E-state index is 0.0947. The highest BCUT2D eigenvalue weighted by molar-refractivity contribution is 5.87. The number of hydrogen-bond donors (Lipinski definition) is 2. The summed E-state index contributed by atoms with van der Waals surface area (Å²) in [5.41, 5.74) is 1.18. The van der Waals surface area contributed by atoms with Crippen LogP contribution in [-0.4, -0.2) is 39.7 Å². The number of carbonyl (C=O) groups excluding carboxylic acids is 2. The van der Waals surface area contributed by atoms with Crippen molar-refractivity contribution in [1.29, 1.82) is 0 Å². The fourth-order valence-corrected chi connectivity index (χ4v) is 4.70. The number of fused-ring (bicyclic) bond motifs is 1. The Morgan fingerprint density at radius 3 is 2.48 bits per heavy atom. The van der Waals surface area contributed by atoms with Crippen molar-refractivity contribution < 1.29 is 19.4 Å². The molecule has 2 amide bonds. The van der Waals surface area contributed by atoms with Gasteiger partial charge in [0.15, 0.2) is 0 Å². The predicted octanol–water partition coefficient (Wildman–Crippen LogP) is 4.78. The zero-order chi connectivity index (χ0) is 22.8. The summed E-state index contributed by atoms with van der Waals surface area (Å²) in [4.78, 5) is 27.9. The highest BCUT2D eigenvalue weighted by Gasteiger charge is 2.38. The molecule has 1 aromatic rings. The fourth-order valence-electron chi connectivity index (χ4n) is 4.70. The SMILES string of the molecule is CC(C)[C@@H](CC1CCCC1)NC(=O)[C@H]1Cc2ccc(O)cc2CN1C(=O)OC(C)(C)C. The lowest BCUT2D eigenvalue weighted by molar-refractivity contribution is -0.128. The van der Waals surface area contributed by atoms with Crippen molar-refractivity contribution in [2.24, 2.45) is 11.8 Å². The predicted molar refractivity (Wildman–Crippen MR) is 121 cm³/mol. The van der Waals surface area contributed by atoms with Crippen molar-refractivity contribution in [2.75, 3.05) is 0 Å². The second-order valence-corrected chi connectivity index (χ2v) is 10.5. The van der Waals surface area contributed by atoms with E-state index in [9.17, 15) is 14.7 Å². The maximum absolute atomic E-state index is 13.4. The first-order valence-corrected chi connectivity index (χ1v) is 11.6. The smallest absolute Gasteiger partial charge is 0.411 e. The Balaban J connectivity index is 1.80. The minimum atomic E-state index is -0.653. The van der Waals surface area contributed by atoms with Crippen molar-refractivity contribution in [1.82, 2.24) is 10.2 Å². The first-order valence-electron chi connectivity index (χ1n) is 11.6. The molecule has 1 heterocycles. The fraction of sp³-hybridized carbons (Fsp3) is 0.680. The molecule has 2 aliphatic rings. The van der Waals surface area contributed by atoms with Gasteiger partial charge < -0.3 is 15.2 Å². The van der Waals surface area contributed by atoms with E-state index >= 15 is 0 Å². The molecule has 2 N–H and O–H groups in total. The van der Waals surface area contributed by atoms with E-state index in [1.165, 1.54) is 30.6 Å². The summed E-state index contributed by atoms with van der Waals surface area (Å²) in [7, 11) is 0. The molecule has 0 aromatic heterocycles. The van der Waals surface area contributed by atoms with Gasteiger partial charge in [0.1, 0.15) is 17.4 Å². The number of phenolic OH excluding ortho intramolecular Hbond substituents is 1. The lowest BCUT2D eigenvalue weighted by Crippen LogP contribution is -2.56. The monoisotopic (exact) mass is 430 g/mol. The standard InChI is InChI=1S/C25H38N2O4/c1-16(2)21(12-17-8-6-7-9-17)26-23(29)22-14-18-10-11-20(28)13-19(18)15-27(22)24(30)31-25(3,4)5/h10-11,13,16-17,21-22,28H,6-9,12,14-15H2,1-5H3,(H,26,29)/t21-,22-/m1/s1. The van der Waals surface area contributed by atoms with Gasteiger partial charge in [-0.3, -0.25) is 9.69 Å². The molecule has 1 aliphatic heterocycles. The Labute approximate surface area is 186 Å². The third-order valence-corrected chi connectivity index (χ3v) is 6.45. The maximum Gasteiger partial charge on any atom is 0.411 e. The van der Waals surface area contributed by atoms with Crippen molar-refractivity contribution in [3.8, 4) is 5.75 Å². The number of hydrogen-bond acceptors (Lipinski definition) is 4. The Morgan fingerprint density at radius 1 is 1.19 bits per heavy atom. The number of phenols is 1. The van der Waals surface area contributed by atoms with E-state index in [4.69, 9.17) is 4.74 Å². The number of rotatable bonds is 5. The van der Waals surface area contributed by atoms with Crippen LogP contribution in [0.5, 0.6) is 5.75 Å². The molecule has 6 heteroatoms. The third-order valence-electron chi connectivity index (χ3n) is 6.45. The quantitative estimate of drug-likeness (QED) is 0.705. The van der Waals surface area contributed by atoms with Crippen LogP contribution >= 0.6 is 0 Å². The molecular weight excluding hydrogens is 392 g/mol. The van der Waals surface area contributed by atoms with Crippen LogP contribution in [0.25, 0.3) is 0 Å². The van der Waals surface area contributed by atoms with Crippen LogP contribution in [0.4, 0.5) is 4.79 Å². The van der Waals surface area contributed by atoms with E-state index < -0.39 is 17.7 Å². The summed E-state index contributed by atoms with van der Waals surface area (Å²) < 4.78 is 5.61. The van der Waals surface area contributed by atoms with Crippen molar-refractivity contribution in [2.45, 2.75) is 97.4 Å². The van der Waals surface area contributed by atoms with Gasteiger partial charge in [0.05, 0.1) is 6.54 Å². The summed E-state index contributed by atoms with van der Waals surface area (Å²) >= 11 is 0. The molecule has 0 saturated heterocycles. The number of nitrogens with zero attached hydrogens (tertiary/aromatic N) is 1. The van der Waals surface area contributed by atoms with Crippen molar-refractivity contribution in [3.63, 3.8) is 0 Å². The van der Waals surface area contributed by atoms with Gasteiger partial charge in [-0.25, -0.2) is 4.79 Å². The summed E-state index contributed by atoms with van der Waals surface area (Å²) in [6, 6.07) is 4.61. The molecule has 0 radical (unpaired) electrons. The Morgan fingerprint density at radius 2 is 1.87 bits per heavy atom. The maximum atomic E-state index is 13.4. The van der Waals surface area contributed by atoms with Crippen LogP contribution < -0.4 is 5.32 Å². The number of aromatic hydroxyl groups is 1. The molecule has 0 unspecified atom stereocenters. The molecule has 1 fully saturated rings. The van der Waals surface area contributed by atoms with Gasteiger partial charge in [-0.05, 0) is 62.3 Å². The summed E-state index contributed by atoms with van der Waals surface area (Å²) in [6.45, 7) is 9.99. The second kappa shape index (κ2) is 9.49. The molecule has 0 spiro atoms. The third kappa shape index (κ3) is 6.14. The average molecular weight is 431 g/mol. The minimum Gasteiger partial charge on any atom is -0.508 e. The molecule has 1 saturated carbocycles. The molecule has 0 bridgehead atoms. The van der Waals surface area contributed by atoms with E-state index in [1.54, 1.807) is 12.1 Å². The van der Waals surface area contributed by atoms with Gasteiger partial charge in [0, 0.05) is 12.5 Å². The van der Waals surface area contributed by atoms with Crippen LogP contribution in [0, 0.1) is 11.8 Å². The first kappa shape index (κ1) is 23.4. The highest BCUT2D eigenvalue weighted by atomic mass is 16.6. The van der Waals surface area contributed by atoms with Gasteiger partial charge in [-0.2, -0.15) is 0 Å². The van der Waals surface area contributed by atoms with Gasteiger partial charge >= 0.3 is 6.09 Å². The normalized spacial score (nSPS) is 20.5. The van der Waals surface area contributed by atoms with Crippen LogP contribution in [0.1, 0.15) is 77.8 Å². The zero-order valence-electron chi connectivity index (χ0n) is 19.6. The van der Waals surface area contributed by atoms with Gasteiger partial charge in [-0.1, -0.05) is 45.6 Å². The zero-order valence-corrected chi connectivity index (χ0v) is 19.6. The Bertz CT molecular complexity index is 793.